The molecule has 1 saturated heterocycles. The van der Waals surface area contributed by atoms with E-state index in [9.17, 15) is 14.3 Å². The number of aromatic amines is 1. The predicted molar refractivity (Wildman–Crippen MR) is 133 cm³/mol. The number of ketones is 1. The summed E-state index contributed by atoms with van der Waals surface area (Å²) < 4.78 is 31.2. The second-order valence-electron chi connectivity index (χ2n) is 8.92. The van der Waals surface area contributed by atoms with Crippen LogP contribution in [-0.4, -0.2) is 60.0 Å². The van der Waals surface area contributed by atoms with Crippen LogP contribution in [0.4, 0.5) is 4.39 Å². The van der Waals surface area contributed by atoms with Gasteiger partial charge in [-0.2, -0.15) is 0 Å². The number of hydrogen-bond acceptors (Lipinski definition) is 6. The zero-order valence-corrected chi connectivity index (χ0v) is 19.9. The highest BCUT2D eigenvalue weighted by atomic mass is 19.1. The molecule has 0 radical (unpaired) electrons. The maximum Gasteiger partial charge on any atom is 0.193 e. The summed E-state index contributed by atoms with van der Waals surface area (Å²) in [6.07, 6.45) is 0.545. The molecule has 0 saturated carbocycles. The third-order valence-electron chi connectivity index (χ3n) is 6.22. The molecule has 0 bridgehead atoms. The Bertz CT molecular complexity index is 1350. The second kappa shape index (κ2) is 10.6. The highest BCUT2D eigenvalue weighted by Crippen LogP contribution is 2.30. The molecule has 1 aliphatic heterocycles. The Morgan fingerprint density at radius 1 is 1.11 bits per heavy atom. The van der Waals surface area contributed by atoms with Gasteiger partial charge in [-0.25, -0.2) is 9.37 Å². The fourth-order valence-corrected chi connectivity index (χ4v) is 4.41. The van der Waals surface area contributed by atoms with Crippen LogP contribution in [-0.2, 0) is 20.7 Å². The number of H-pyrrole nitrogens is 1. The number of carbonyl (C=O) groups is 1. The van der Waals surface area contributed by atoms with E-state index >= 15 is 0 Å². The minimum absolute atomic E-state index is 0.0325. The van der Waals surface area contributed by atoms with Gasteiger partial charge in [-0.05, 0) is 16.7 Å². The van der Waals surface area contributed by atoms with E-state index < -0.39 is 5.82 Å². The molecule has 186 valence electrons. The Hall–Kier alpha value is -3.59. The predicted octanol–water partition coefficient (Wildman–Crippen LogP) is 4.32. The number of nitrogens with zero attached hydrogens (tertiary/aromatic N) is 1. The molecule has 36 heavy (non-hydrogen) atoms. The molecule has 4 aromatic rings. The van der Waals surface area contributed by atoms with Crippen LogP contribution in [0.2, 0.25) is 0 Å². The molecule has 0 aliphatic carbocycles. The van der Waals surface area contributed by atoms with Crippen molar-refractivity contribution in [1.29, 1.82) is 0 Å². The number of hydrogen-bond donors (Lipinski definition) is 2. The minimum atomic E-state index is -0.432. The number of aromatic nitrogens is 2. The Kier molecular flexibility index (Phi) is 7.09. The number of rotatable bonds is 9. The normalized spacial score (nSPS) is 17.5. The van der Waals surface area contributed by atoms with Crippen molar-refractivity contribution >= 4 is 16.8 Å². The number of fused-ring (bicyclic) bond motifs is 1. The SMILES string of the molecule is COCC(=O)Cc1ccc(-c2ccc(-c3nc4cc(O[C@@H]5CO[C@H](CO)C5)[nH]c4cc3F)cc2)cc1. The molecule has 3 heterocycles. The van der Waals surface area contributed by atoms with Gasteiger partial charge in [-0.15, -0.1) is 0 Å². The fraction of sp³-hybridized carbons (Fsp3) is 0.286. The van der Waals surface area contributed by atoms with Crippen molar-refractivity contribution < 1.29 is 28.5 Å². The molecular weight excluding hydrogens is 463 g/mol. The van der Waals surface area contributed by atoms with Crippen molar-refractivity contribution in [3.63, 3.8) is 0 Å². The van der Waals surface area contributed by atoms with E-state index in [2.05, 4.69) is 9.97 Å². The zero-order valence-electron chi connectivity index (χ0n) is 19.9. The monoisotopic (exact) mass is 490 g/mol. The lowest BCUT2D eigenvalue weighted by Gasteiger charge is -2.09. The van der Waals surface area contributed by atoms with Gasteiger partial charge in [0, 0.05) is 37.6 Å². The van der Waals surface area contributed by atoms with E-state index in [1.54, 1.807) is 6.07 Å². The van der Waals surface area contributed by atoms with E-state index in [1.807, 2.05) is 48.5 Å². The van der Waals surface area contributed by atoms with Crippen LogP contribution in [0.3, 0.4) is 0 Å². The molecule has 0 unspecified atom stereocenters. The average Bonchev–Trinajstić information content (AvgIpc) is 3.50. The molecule has 1 aliphatic rings. The maximum absolute atomic E-state index is 14.9. The van der Waals surface area contributed by atoms with E-state index in [4.69, 9.17) is 14.2 Å². The summed E-state index contributed by atoms with van der Waals surface area (Å²) in [4.78, 5) is 19.4. The first-order chi connectivity index (χ1) is 17.5. The van der Waals surface area contributed by atoms with Crippen LogP contribution in [0.5, 0.6) is 5.88 Å². The minimum Gasteiger partial charge on any atom is -0.473 e. The summed E-state index contributed by atoms with van der Waals surface area (Å²) in [5.41, 5.74) is 4.98. The first-order valence-electron chi connectivity index (χ1n) is 11.8. The summed E-state index contributed by atoms with van der Waals surface area (Å²) in [7, 11) is 1.51. The van der Waals surface area contributed by atoms with Crippen molar-refractivity contribution in [3.8, 4) is 28.3 Å². The Morgan fingerprint density at radius 2 is 1.81 bits per heavy atom. The number of Topliss-reactive ketones (excluding diaryl/α,β-unsaturated/α-hetero) is 1. The van der Waals surface area contributed by atoms with Gasteiger partial charge in [-0.3, -0.25) is 4.79 Å². The summed E-state index contributed by atoms with van der Waals surface area (Å²) >= 11 is 0. The highest BCUT2D eigenvalue weighted by Gasteiger charge is 2.27. The largest absolute Gasteiger partial charge is 0.473 e. The van der Waals surface area contributed by atoms with E-state index in [1.165, 1.54) is 13.2 Å². The van der Waals surface area contributed by atoms with Crippen molar-refractivity contribution in [2.45, 2.75) is 25.0 Å². The number of nitrogens with one attached hydrogen (secondary N) is 1. The van der Waals surface area contributed by atoms with Gasteiger partial charge in [0.15, 0.2) is 17.5 Å². The van der Waals surface area contributed by atoms with Gasteiger partial charge in [0.05, 0.1) is 30.4 Å². The van der Waals surface area contributed by atoms with Crippen LogP contribution in [0.1, 0.15) is 12.0 Å². The molecule has 0 amide bonds. The van der Waals surface area contributed by atoms with Crippen LogP contribution >= 0.6 is 0 Å². The maximum atomic E-state index is 14.9. The highest BCUT2D eigenvalue weighted by molar-refractivity contribution is 5.83. The topological polar surface area (TPSA) is 93.7 Å². The van der Waals surface area contributed by atoms with Crippen LogP contribution in [0.25, 0.3) is 33.4 Å². The molecule has 7 nitrogen and oxygen atoms in total. The Labute approximate surface area is 207 Å². The number of aliphatic hydroxyl groups is 1. The van der Waals surface area contributed by atoms with Crippen molar-refractivity contribution in [1.82, 2.24) is 9.97 Å². The van der Waals surface area contributed by atoms with Crippen molar-refractivity contribution in [3.05, 3.63) is 72.0 Å². The van der Waals surface area contributed by atoms with Gasteiger partial charge in [-0.1, -0.05) is 48.5 Å². The number of halogens is 1. The molecule has 2 atom stereocenters. The third kappa shape index (κ3) is 5.31. The first-order valence-corrected chi connectivity index (χ1v) is 11.8. The van der Waals surface area contributed by atoms with Gasteiger partial charge >= 0.3 is 0 Å². The van der Waals surface area contributed by atoms with E-state index in [0.717, 1.165) is 16.7 Å². The third-order valence-corrected chi connectivity index (χ3v) is 6.22. The van der Waals surface area contributed by atoms with Crippen molar-refractivity contribution in [2.75, 3.05) is 26.9 Å². The number of methoxy groups -OCH3 is 1. The molecular formula is C28H27FN2O5. The Balaban J connectivity index is 1.31. The lowest BCUT2D eigenvalue weighted by molar-refractivity contribution is -0.121. The summed E-state index contributed by atoms with van der Waals surface area (Å²) in [6.45, 7) is 0.467. The molecule has 5 rings (SSSR count). The van der Waals surface area contributed by atoms with E-state index in [0.29, 0.717) is 41.9 Å². The van der Waals surface area contributed by atoms with Crippen LogP contribution in [0, 0.1) is 5.82 Å². The molecule has 1 fully saturated rings. The molecule has 0 spiro atoms. The molecule has 2 aromatic heterocycles. The number of ether oxygens (including phenoxy) is 3. The summed E-state index contributed by atoms with van der Waals surface area (Å²) in [5.74, 6) is 0.0901. The van der Waals surface area contributed by atoms with Crippen LogP contribution in [0.15, 0.2) is 60.7 Å². The number of pyridine rings is 1. The number of carbonyl (C=O) groups excluding carboxylic acids is 1. The first kappa shape index (κ1) is 24.1. The van der Waals surface area contributed by atoms with Crippen LogP contribution < -0.4 is 4.74 Å². The molecule has 8 heteroatoms. The van der Waals surface area contributed by atoms with Crippen molar-refractivity contribution in [2.24, 2.45) is 0 Å². The van der Waals surface area contributed by atoms with Gasteiger partial charge in [0.2, 0.25) is 0 Å². The summed E-state index contributed by atoms with van der Waals surface area (Å²) in [6, 6.07) is 18.5. The Morgan fingerprint density at radius 3 is 2.47 bits per heavy atom. The average molecular weight is 491 g/mol. The molecule has 2 aromatic carbocycles. The second-order valence-corrected chi connectivity index (χ2v) is 8.92. The van der Waals surface area contributed by atoms with Gasteiger partial charge in [0.1, 0.15) is 18.4 Å². The number of aliphatic hydroxyl groups excluding tert-OH is 1. The summed E-state index contributed by atoms with van der Waals surface area (Å²) in [5, 5.41) is 9.22. The smallest absolute Gasteiger partial charge is 0.193 e. The number of benzene rings is 2. The fourth-order valence-electron chi connectivity index (χ4n) is 4.41. The standard InChI is InChI=1S/C28H27FN2O5/c1-34-15-21(33)10-17-2-4-18(5-3-17)19-6-8-20(9-7-19)28-24(29)12-25-26(31-28)13-27(30-25)36-23-11-22(14-32)35-16-23/h2-9,12-13,22-23,30,32H,10-11,14-16H2,1H3/t22-,23-/m0/s1. The van der Waals surface area contributed by atoms with Gasteiger partial charge in [0.25, 0.3) is 0 Å². The lowest BCUT2D eigenvalue weighted by atomic mass is 10.00. The zero-order chi connectivity index (χ0) is 25.1. The quantitative estimate of drug-likeness (QED) is 0.363. The van der Waals surface area contributed by atoms with Gasteiger partial charge < -0.3 is 24.3 Å². The molecule has 2 N–H and O–H groups in total. The lowest BCUT2D eigenvalue weighted by Crippen LogP contribution is -2.17. The van der Waals surface area contributed by atoms with E-state index in [-0.39, 0.29) is 36.9 Å².